The summed E-state index contributed by atoms with van der Waals surface area (Å²) in [7, 11) is 2.02. The first-order valence-electron chi connectivity index (χ1n) is 16.7. The van der Waals surface area contributed by atoms with E-state index < -0.39 is 41.3 Å². The van der Waals surface area contributed by atoms with Crippen molar-refractivity contribution in [3.05, 3.63) is 41.6 Å². The third-order valence-electron chi connectivity index (χ3n) is 9.53. The highest BCUT2D eigenvalue weighted by molar-refractivity contribution is 6.00. The van der Waals surface area contributed by atoms with Crippen molar-refractivity contribution < 1.29 is 24.2 Å². The molecule has 3 N–H and O–H groups in total. The Balaban J connectivity index is 0.00000109. The standard InChI is InChI=1S/C32H44N4O5.C4H10/c1-8-9-11-19(4)32(40)36(20(5)21(6)37)30(39)31(41-32,18(2)3)34-29(38)23-14-25-24-12-10-13-26-28(24)22(16-33-26)15-27(25)35(7)17-23;1-4(2)3/h10,12-14,16,18-20,23,27,33,40H,8-9,11,15,17H2,1-7H3,(H,34,38);4H,1-3H3/t19?,20-,23?,27?,31?,32-;/m0./s1. The number of Topliss-reactive ketones (excluding diaryl/α,β-unsaturated/α-hetero) is 1. The van der Waals surface area contributed by atoms with E-state index in [-0.39, 0.29) is 17.7 Å². The van der Waals surface area contributed by atoms with Crippen molar-refractivity contribution in [1.82, 2.24) is 20.1 Å². The number of amides is 2. The average molecular weight is 623 g/mol. The topological polar surface area (TPSA) is 115 Å². The van der Waals surface area contributed by atoms with E-state index >= 15 is 0 Å². The molecule has 9 nitrogen and oxygen atoms in total. The maximum Gasteiger partial charge on any atom is 0.281 e. The van der Waals surface area contributed by atoms with E-state index in [9.17, 15) is 19.5 Å². The molecule has 1 aromatic heterocycles. The number of ketones is 1. The number of carbonyl (C=O) groups excluding carboxylic acids is 3. The number of ether oxygens (including phenoxy) is 1. The van der Waals surface area contributed by atoms with Crippen LogP contribution in [-0.4, -0.2) is 74.8 Å². The van der Waals surface area contributed by atoms with E-state index in [0.29, 0.717) is 13.0 Å². The van der Waals surface area contributed by atoms with Gasteiger partial charge < -0.3 is 15.4 Å². The molecule has 9 heteroatoms. The van der Waals surface area contributed by atoms with E-state index in [4.69, 9.17) is 4.74 Å². The van der Waals surface area contributed by atoms with Crippen molar-refractivity contribution in [2.75, 3.05) is 13.6 Å². The molecule has 4 unspecified atom stereocenters. The molecule has 0 radical (unpaired) electrons. The second-order valence-corrected chi connectivity index (χ2v) is 14.3. The number of likely N-dealkylation sites (N-methyl/N-ethyl adjacent to an activating group) is 1. The summed E-state index contributed by atoms with van der Waals surface area (Å²) in [6, 6.07) is 5.41. The summed E-state index contributed by atoms with van der Waals surface area (Å²) in [6.07, 6.45) is 7.28. The predicted molar refractivity (Wildman–Crippen MR) is 178 cm³/mol. The lowest BCUT2D eigenvalue weighted by Crippen LogP contribution is -2.61. The molecular weight excluding hydrogens is 568 g/mol. The molecule has 2 aromatic rings. The van der Waals surface area contributed by atoms with Gasteiger partial charge in [-0.25, -0.2) is 0 Å². The lowest BCUT2D eigenvalue weighted by atomic mass is 9.79. The third kappa shape index (κ3) is 6.36. The maximum atomic E-state index is 14.2. The normalized spacial score (nSPS) is 27.6. The van der Waals surface area contributed by atoms with Crippen molar-refractivity contribution in [3.8, 4) is 0 Å². The van der Waals surface area contributed by atoms with Gasteiger partial charge in [-0.1, -0.05) is 79.5 Å². The molecule has 0 saturated carbocycles. The lowest BCUT2D eigenvalue weighted by Gasteiger charge is -2.41. The zero-order chi connectivity index (χ0) is 33.4. The van der Waals surface area contributed by atoms with Crippen LogP contribution < -0.4 is 5.32 Å². The van der Waals surface area contributed by atoms with Crippen LogP contribution in [0, 0.1) is 23.7 Å². The molecule has 5 rings (SSSR count). The molecule has 1 aliphatic carbocycles. The summed E-state index contributed by atoms with van der Waals surface area (Å²) in [5.41, 5.74) is 2.75. The maximum absolute atomic E-state index is 14.2. The zero-order valence-corrected chi connectivity index (χ0v) is 28.9. The number of benzene rings is 1. The number of fused-ring (bicyclic) bond motifs is 2. The van der Waals surface area contributed by atoms with Crippen LogP contribution in [0.15, 0.2) is 30.5 Å². The highest BCUT2D eigenvalue weighted by Gasteiger charge is 2.66. The highest BCUT2D eigenvalue weighted by atomic mass is 16.7. The van der Waals surface area contributed by atoms with E-state index in [1.807, 2.05) is 26.1 Å². The van der Waals surface area contributed by atoms with E-state index in [0.717, 1.165) is 46.7 Å². The Kier molecular flexibility index (Phi) is 10.4. The number of carbonyl (C=O) groups is 3. The summed E-state index contributed by atoms with van der Waals surface area (Å²) in [5, 5.41) is 16.1. The number of nitrogens with one attached hydrogen (secondary N) is 2. The first-order chi connectivity index (χ1) is 21.1. The largest absolute Gasteiger partial charge is 0.361 e. The van der Waals surface area contributed by atoms with Gasteiger partial charge in [0.25, 0.3) is 11.8 Å². The van der Waals surface area contributed by atoms with Crippen LogP contribution in [0.25, 0.3) is 16.5 Å². The molecule has 1 aromatic carbocycles. The Morgan fingerprint density at radius 2 is 1.82 bits per heavy atom. The van der Waals surface area contributed by atoms with Gasteiger partial charge in [0.15, 0.2) is 5.78 Å². The fourth-order valence-corrected chi connectivity index (χ4v) is 6.80. The Hall–Kier alpha value is -3.01. The molecule has 248 valence electrons. The smallest absolute Gasteiger partial charge is 0.281 e. The van der Waals surface area contributed by atoms with Crippen LogP contribution in [0.4, 0.5) is 0 Å². The van der Waals surface area contributed by atoms with E-state index in [2.05, 4.69) is 61.2 Å². The molecule has 3 heterocycles. The Bertz CT molecular complexity index is 1440. The van der Waals surface area contributed by atoms with Crippen LogP contribution in [-0.2, 0) is 25.5 Å². The summed E-state index contributed by atoms with van der Waals surface area (Å²) >= 11 is 0. The Morgan fingerprint density at radius 1 is 1.16 bits per heavy atom. The van der Waals surface area contributed by atoms with Gasteiger partial charge >= 0.3 is 0 Å². The number of rotatable bonds is 9. The second kappa shape index (κ2) is 13.4. The molecule has 2 amide bonds. The summed E-state index contributed by atoms with van der Waals surface area (Å²) in [5.74, 6) is -3.95. The van der Waals surface area contributed by atoms with Gasteiger partial charge in [-0.15, -0.1) is 0 Å². The van der Waals surface area contributed by atoms with Gasteiger partial charge in [-0.05, 0) is 62.4 Å². The highest BCUT2D eigenvalue weighted by Crippen LogP contribution is 2.45. The van der Waals surface area contributed by atoms with Gasteiger partial charge in [-0.3, -0.25) is 28.9 Å². The number of aliphatic hydroxyl groups is 1. The van der Waals surface area contributed by atoms with Gasteiger partial charge in [0.2, 0.25) is 11.6 Å². The molecule has 1 fully saturated rings. The van der Waals surface area contributed by atoms with Gasteiger partial charge in [0.05, 0.1) is 12.0 Å². The molecule has 45 heavy (non-hydrogen) atoms. The number of hydrogen-bond acceptors (Lipinski definition) is 6. The quantitative estimate of drug-likeness (QED) is 0.341. The molecule has 0 bridgehead atoms. The first-order valence-corrected chi connectivity index (χ1v) is 16.7. The van der Waals surface area contributed by atoms with Crippen molar-refractivity contribution >= 4 is 34.1 Å². The third-order valence-corrected chi connectivity index (χ3v) is 9.53. The molecule has 6 atom stereocenters. The van der Waals surface area contributed by atoms with Crippen molar-refractivity contribution in [2.24, 2.45) is 23.7 Å². The molecular formula is C36H54N4O5. The molecule has 1 saturated heterocycles. The molecule has 0 spiro atoms. The number of aromatic amines is 1. The monoisotopic (exact) mass is 622 g/mol. The van der Waals surface area contributed by atoms with Crippen LogP contribution in [0.1, 0.15) is 92.7 Å². The minimum Gasteiger partial charge on any atom is -0.361 e. The van der Waals surface area contributed by atoms with Crippen molar-refractivity contribution in [3.63, 3.8) is 0 Å². The Morgan fingerprint density at radius 3 is 2.42 bits per heavy atom. The Labute approximate surface area is 268 Å². The van der Waals surface area contributed by atoms with Crippen molar-refractivity contribution in [2.45, 2.75) is 112 Å². The van der Waals surface area contributed by atoms with Gasteiger partial charge in [-0.2, -0.15) is 0 Å². The lowest BCUT2D eigenvalue weighted by molar-refractivity contribution is -0.313. The summed E-state index contributed by atoms with van der Waals surface area (Å²) < 4.78 is 6.34. The van der Waals surface area contributed by atoms with Crippen LogP contribution in [0.5, 0.6) is 0 Å². The SMILES string of the molecule is CC(C)C.CCCCC(C)[C@]1(O)OC(NC(=O)C2C=C3c4cccc5[nH]cc(c45)CC3N(C)C2)(C(C)C)C(=O)N1[C@@H](C)C(C)=O. The summed E-state index contributed by atoms with van der Waals surface area (Å²) in [4.78, 5) is 47.5. The first kappa shape index (κ1) is 34.9. The fraction of sp³-hybridized carbons (Fsp3) is 0.639. The molecule has 2 aliphatic heterocycles. The van der Waals surface area contributed by atoms with Crippen LogP contribution >= 0.6 is 0 Å². The number of H-pyrrole nitrogens is 1. The van der Waals surface area contributed by atoms with E-state index in [1.54, 1.807) is 20.8 Å². The summed E-state index contributed by atoms with van der Waals surface area (Å²) in [6.45, 7) is 17.4. The molecule has 3 aliphatic rings. The number of unbranched alkanes of at least 4 members (excludes halogenated alkanes) is 1. The minimum atomic E-state index is -2.04. The average Bonchev–Trinajstić information content (AvgIpc) is 3.49. The number of nitrogens with zero attached hydrogens (tertiary/aromatic N) is 2. The van der Waals surface area contributed by atoms with Crippen LogP contribution in [0.3, 0.4) is 0 Å². The number of aromatic nitrogens is 1. The fourth-order valence-electron chi connectivity index (χ4n) is 6.80. The minimum absolute atomic E-state index is 0.146. The van der Waals surface area contributed by atoms with Crippen LogP contribution in [0.2, 0.25) is 0 Å². The zero-order valence-electron chi connectivity index (χ0n) is 28.9. The van der Waals surface area contributed by atoms with Crippen molar-refractivity contribution in [1.29, 1.82) is 0 Å². The predicted octanol–water partition coefficient (Wildman–Crippen LogP) is 5.48. The van der Waals surface area contributed by atoms with Gasteiger partial charge in [0, 0.05) is 41.5 Å². The second-order valence-electron chi connectivity index (χ2n) is 14.3. The number of hydrogen-bond donors (Lipinski definition) is 3. The van der Waals surface area contributed by atoms with E-state index in [1.165, 1.54) is 17.9 Å². The van der Waals surface area contributed by atoms with Gasteiger partial charge in [0.1, 0.15) is 0 Å².